The molecule has 3 heteroatoms. The van der Waals surface area contributed by atoms with Crippen LogP contribution in [-0.4, -0.2) is 17.8 Å². The molecule has 0 aliphatic carbocycles. The van der Waals surface area contributed by atoms with E-state index in [1.54, 1.807) is 6.07 Å². The molecule has 80 valence electrons. The lowest BCUT2D eigenvalue weighted by Gasteiger charge is -2.21. The van der Waals surface area contributed by atoms with E-state index in [4.69, 9.17) is 10.4 Å². The van der Waals surface area contributed by atoms with Crippen LogP contribution in [0.5, 0.6) is 0 Å². The SMILES string of the molecule is CC(CO)C(C)Nc1ccccc1C#N. The molecule has 0 aliphatic heterocycles. The maximum Gasteiger partial charge on any atom is 0.101 e. The number of aliphatic hydroxyl groups excluding tert-OH is 1. The van der Waals surface area contributed by atoms with Gasteiger partial charge in [-0.1, -0.05) is 19.1 Å². The monoisotopic (exact) mass is 204 g/mol. The first-order chi connectivity index (χ1) is 7.19. The summed E-state index contributed by atoms with van der Waals surface area (Å²) in [6, 6.07) is 9.65. The summed E-state index contributed by atoms with van der Waals surface area (Å²) in [5, 5.41) is 21.1. The molecule has 0 saturated carbocycles. The first-order valence-corrected chi connectivity index (χ1v) is 5.05. The molecular formula is C12H16N2O. The molecule has 1 rings (SSSR count). The Morgan fingerprint density at radius 1 is 1.40 bits per heavy atom. The minimum atomic E-state index is 0.142. The molecule has 0 aliphatic rings. The lowest BCUT2D eigenvalue weighted by Crippen LogP contribution is -2.26. The highest BCUT2D eigenvalue weighted by molar-refractivity contribution is 5.57. The van der Waals surface area contributed by atoms with Crippen molar-refractivity contribution in [1.82, 2.24) is 0 Å². The van der Waals surface area contributed by atoms with E-state index in [2.05, 4.69) is 11.4 Å². The van der Waals surface area contributed by atoms with Crippen molar-refractivity contribution in [3.8, 4) is 6.07 Å². The Kier molecular flexibility index (Phi) is 4.14. The van der Waals surface area contributed by atoms with Gasteiger partial charge >= 0.3 is 0 Å². The van der Waals surface area contributed by atoms with Crippen LogP contribution in [-0.2, 0) is 0 Å². The molecule has 0 heterocycles. The van der Waals surface area contributed by atoms with Gasteiger partial charge in [0, 0.05) is 12.6 Å². The number of hydrogen-bond donors (Lipinski definition) is 2. The molecule has 15 heavy (non-hydrogen) atoms. The van der Waals surface area contributed by atoms with E-state index < -0.39 is 0 Å². The van der Waals surface area contributed by atoms with E-state index in [0.29, 0.717) is 5.56 Å². The standard InChI is InChI=1S/C12H16N2O/c1-9(8-15)10(2)14-12-6-4-3-5-11(12)7-13/h3-6,9-10,14-15H,8H2,1-2H3. The summed E-state index contributed by atoms with van der Waals surface area (Å²) in [7, 11) is 0. The summed E-state index contributed by atoms with van der Waals surface area (Å²) in [6.07, 6.45) is 0. The summed E-state index contributed by atoms with van der Waals surface area (Å²) in [6.45, 7) is 4.10. The van der Waals surface area contributed by atoms with Gasteiger partial charge in [-0.2, -0.15) is 5.26 Å². The molecule has 0 amide bonds. The Balaban J connectivity index is 2.77. The first-order valence-electron chi connectivity index (χ1n) is 5.05. The lowest BCUT2D eigenvalue weighted by atomic mass is 10.0. The van der Waals surface area contributed by atoms with Gasteiger partial charge in [0.05, 0.1) is 11.3 Å². The van der Waals surface area contributed by atoms with Crippen LogP contribution in [0.4, 0.5) is 5.69 Å². The molecule has 0 saturated heterocycles. The van der Waals surface area contributed by atoms with Crippen molar-refractivity contribution < 1.29 is 5.11 Å². The number of aliphatic hydroxyl groups is 1. The fourth-order valence-corrected chi connectivity index (χ4v) is 1.25. The van der Waals surface area contributed by atoms with Gasteiger partial charge in [0.1, 0.15) is 6.07 Å². The fourth-order valence-electron chi connectivity index (χ4n) is 1.25. The average Bonchev–Trinajstić information content (AvgIpc) is 2.28. The Hall–Kier alpha value is -1.53. The summed E-state index contributed by atoms with van der Waals surface area (Å²) in [4.78, 5) is 0. The van der Waals surface area contributed by atoms with E-state index in [1.807, 2.05) is 32.0 Å². The van der Waals surface area contributed by atoms with Crippen LogP contribution < -0.4 is 5.32 Å². The number of nitriles is 1. The topological polar surface area (TPSA) is 56.0 Å². The van der Waals surface area contributed by atoms with Crippen molar-refractivity contribution in [2.45, 2.75) is 19.9 Å². The number of para-hydroxylation sites is 1. The number of nitrogens with zero attached hydrogens (tertiary/aromatic N) is 1. The third-order valence-electron chi connectivity index (χ3n) is 2.57. The number of anilines is 1. The fraction of sp³-hybridized carbons (Fsp3) is 0.417. The van der Waals surface area contributed by atoms with Gasteiger partial charge in [-0.15, -0.1) is 0 Å². The zero-order chi connectivity index (χ0) is 11.3. The lowest BCUT2D eigenvalue weighted by molar-refractivity contribution is 0.226. The second-order valence-corrected chi connectivity index (χ2v) is 3.75. The predicted octanol–water partition coefficient (Wildman–Crippen LogP) is 1.99. The molecule has 1 aromatic rings. The molecule has 0 radical (unpaired) electrons. The summed E-state index contributed by atoms with van der Waals surface area (Å²) < 4.78 is 0. The van der Waals surface area contributed by atoms with Crippen LogP contribution in [0.25, 0.3) is 0 Å². The molecule has 0 bridgehead atoms. The van der Waals surface area contributed by atoms with Crippen LogP contribution >= 0.6 is 0 Å². The quantitative estimate of drug-likeness (QED) is 0.788. The van der Waals surface area contributed by atoms with Crippen molar-refractivity contribution in [3.63, 3.8) is 0 Å². The molecule has 0 aromatic heterocycles. The van der Waals surface area contributed by atoms with Gasteiger partial charge in [-0.05, 0) is 25.0 Å². The molecule has 2 atom stereocenters. The Morgan fingerprint density at radius 2 is 2.07 bits per heavy atom. The maximum absolute atomic E-state index is 9.00. The zero-order valence-corrected chi connectivity index (χ0v) is 9.07. The van der Waals surface area contributed by atoms with E-state index in [1.165, 1.54) is 0 Å². The molecule has 2 N–H and O–H groups in total. The van der Waals surface area contributed by atoms with E-state index in [0.717, 1.165) is 5.69 Å². The van der Waals surface area contributed by atoms with Crippen LogP contribution in [0.15, 0.2) is 24.3 Å². The molecule has 1 aromatic carbocycles. The summed E-state index contributed by atoms with van der Waals surface area (Å²) >= 11 is 0. The van der Waals surface area contributed by atoms with Gasteiger partial charge in [0.2, 0.25) is 0 Å². The number of nitrogens with one attached hydrogen (secondary N) is 1. The average molecular weight is 204 g/mol. The largest absolute Gasteiger partial charge is 0.396 e. The van der Waals surface area contributed by atoms with Crippen molar-refractivity contribution in [2.75, 3.05) is 11.9 Å². The number of rotatable bonds is 4. The van der Waals surface area contributed by atoms with Crippen molar-refractivity contribution in [3.05, 3.63) is 29.8 Å². The second kappa shape index (κ2) is 5.38. The van der Waals surface area contributed by atoms with Gasteiger partial charge in [0.25, 0.3) is 0 Å². The van der Waals surface area contributed by atoms with E-state index in [-0.39, 0.29) is 18.6 Å². The predicted molar refractivity (Wildman–Crippen MR) is 60.5 cm³/mol. The van der Waals surface area contributed by atoms with Gasteiger partial charge in [-0.3, -0.25) is 0 Å². The zero-order valence-electron chi connectivity index (χ0n) is 9.07. The molecule has 3 nitrogen and oxygen atoms in total. The highest BCUT2D eigenvalue weighted by Crippen LogP contribution is 2.16. The van der Waals surface area contributed by atoms with Gasteiger partial charge < -0.3 is 10.4 Å². The summed E-state index contributed by atoms with van der Waals surface area (Å²) in [5.41, 5.74) is 1.46. The van der Waals surface area contributed by atoms with Crippen LogP contribution in [0.3, 0.4) is 0 Å². The van der Waals surface area contributed by atoms with Crippen LogP contribution in [0, 0.1) is 17.2 Å². The minimum absolute atomic E-state index is 0.142. The normalized spacial score (nSPS) is 14.0. The third-order valence-corrected chi connectivity index (χ3v) is 2.57. The molecule has 0 spiro atoms. The second-order valence-electron chi connectivity index (χ2n) is 3.75. The molecular weight excluding hydrogens is 188 g/mol. The highest BCUT2D eigenvalue weighted by Gasteiger charge is 2.11. The van der Waals surface area contributed by atoms with E-state index >= 15 is 0 Å². The number of hydrogen-bond acceptors (Lipinski definition) is 3. The van der Waals surface area contributed by atoms with Crippen LogP contribution in [0.2, 0.25) is 0 Å². The highest BCUT2D eigenvalue weighted by atomic mass is 16.3. The number of benzene rings is 1. The van der Waals surface area contributed by atoms with Crippen molar-refractivity contribution in [2.24, 2.45) is 5.92 Å². The maximum atomic E-state index is 9.00. The molecule has 2 unspecified atom stereocenters. The third kappa shape index (κ3) is 2.97. The minimum Gasteiger partial charge on any atom is -0.396 e. The summed E-state index contributed by atoms with van der Waals surface area (Å²) in [5.74, 6) is 0.164. The van der Waals surface area contributed by atoms with Gasteiger partial charge in [0.15, 0.2) is 0 Å². The van der Waals surface area contributed by atoms with Crippen LogP contribution in [0.1, 0.15) is 19.4 Å². The van der Waals surface area contributed by atoms with Gasteiger partial charge in [-0.25, -0.2) is 0 Å². The Bertz CT molecular complexity index is 357. The van der Waals surface area contributed by atoms with Crippen molar-refractivity contribution in [1.29, 1.82) is 5.26 Å². The van der Waals surface area contributed by atoms with Crippen molar-refractivity contribution >= 4 is 5.69 Å². The Labute approximate surface area is 90.4 Å². The smallest absolute Gasteiger partial charge is 0.101 e. The Morgan fingerprint density at radius 3 is 2.67 bits per heavy atom. The molecule has 0 fully saturated rings. The first kappa shape index (κ1) is 11.5. The van der Waals surface area contributed by atoms with E-state index in [9.17, 15) is 0 Å².